The van der Waals surface area contributed by atoms with E-state index in [-0.39, 0.29) is 25.6 Å². The van der Waals surface area contributed by atoms with Crippen molar-refractivity contribution < 1.29 is 19.7 Å². The van der Waals surface area contributed by atoms with Crippen molar-refractivity contribution in [1.82, 2.24) is 0 Å². The third kappa shape index (κ3) is 7.07. The quantitative estimate of drug-likeness (QED) is 0.192. The number of ether oxygens (including phenoxy) is 2. The maximum atomic E-state index is 9.69. The van der Waals surface area contributed by atoms with Gasteiger partial charge in [0.25, 0.3) is 0 Å². The second-order valence-electron chi connectivity index (χ2n) is 7.42. The molecule has 0 unspecified atom stereocenters. The molecule has 168 valence electrons. The van der Waals surface area contributed by atoms with Crippen LogP contribution in [0.25, 0.3) is 10.4 Å². The molecule has 2 N–H and O–H groups in total. The van der Waals surface area contributed by atoms with Crippen LogP contribution in [0, 0.1) is 0 Å². The highest BCUT2D eigenvalue weighted by atomic mass is 35.5. The number of halogens is 3. The zero-order chi connectivity index (χ0) is 23.0. The molecule has 0 amide bonds. The van der Waals surface area contributed by atoms with Crippen LogP contribution in [-0.4, -0.2) is 48.1 Å². The second kappa shape index (κ2) is 11.7. The molecule has 0 aliphatic heterocycles. The Morgan fingerprint density at radius 2 is 1.58 bits per heavy atom. The summed E-state index contributed by atoms with van der Waals surface area (Å²) in [6.07, 6.45) is -1.69. The van der Waals surface area contributed by atoms with E-state index in [9.17, 15) is 10.2 Å². The van der Waals surface area contributed by atoms with E-state index >= 15 is 0 Å². The van der Waals surface area contributed by atoms with Crippen LogP contribution in [0.4, 0.5) is 0 Å². The fourth-order valence-corrected chi connectivity index (χ4v) is 3.48. The van der Waals surface area contributed by atoms with Crippen LogP contribution in [-0.2, 0) is 5.41 Å². The van der Waals surface area contributed by atoms with E-state index in [1.54, 1.807) is 24.3 Å². The first kappa shape index (κ1) is 25.4. The molecule has 0 radical (unpaired) electrons. The summed E-state index contributed by atoms with van der Waals surface area (Å²) in [6, 6.07) is 11.0. The van der Waals surface area contributed by atoms with Crippen LogP contribution in [0.3, 0.4) is 0 Å². The number of alkyl halides is 1. The van der Waals surface area contributed by atoms with E-state index in [0.29, 0.717) is 21.5 Å². The van der Waals surface area contributed by atoms with Crippen molar-refractivity contribution in [2.75, 3.05) is 25.6 Å². The average molecular weight is 489 g/mol. The highest BCUT2D eigenvalue weighted by Gasteiger charge is 2.26. The van der Waals surface area contributed by atoms with Crippen LogP contribution in [0.2, 0.25) is 10.0 Å². The molecule has 31 heavy (non-hydrogen) atoms. The monoisotopic (exact) mass is 487 g/mol. The molecule has 0 aliphatic rings. The number of hydrogen-bond acceptors (Lipinski definition) is 5. The molecule has 2 atom stereocenters. The van der Waals surface area contributed by atoms with Crippen molar-refractivity contribution in [3.63, 3.8) is 0 Å². The number of benzene rings is 2. The number of azide groups is 1. The molecule has 2 aromatic rings. The minimum Gasteiger partial charge on any atom is -0.491 e. The number of aliphatic hydroxyl groups excluding tert-OH is 2. The molecule has 0 saturated carbocycles. The summed E-state index contributed by atoms with van der Waals surface area (Å²) in [4.78, 5) is 2.60. The first-order chi connectivity index (χ1) is 14.7. The van der Waals surface area contributed by atoms with Gasteiger partial charge in [-0.3, -0.25) is 0 Å². The van der Waals surface area contributed by atoms with E-state index < -0.39 is 17.6 Å². The predicted molar refractivity (Wildman–Crippen MR) is 123 cm³/mol. The summed E-state index contributed by atoms with van der Waals surface area (Å²) in [6.45, 7) is 4.03. The van der Waals surface area contributed by atoms with Gasteiger partial charge in [0.1, 0.15) is 25.1 Å². The molecule has 7 nitrogen and oxygen atoms in total. The Balaban J connectivity index is 2.14. The number of nitrogens with zero attached hydrogens (tertiary/aromatic N) is 3. The molecule has 0 aliphatic carbocycles. The lowest BCUT2D eigenvalue weighted by atomic mass is 9.78. The minimum absolute atomic E-state index is 0.00923. The van der Waals surface area contributed by atoms with Crippen molar-refractivity contribution in [2.45, 2.75) is 31.5 Å². The van der Waals surface area contributed by atoms with Crippen LogP contribution >= 0.6 is 34.8 Å². The van der Waals surface area contributed by atoms with Crippen molar-refractivity contribution >= 4 is 34.8 Å². The van der Waals surface area contributed by atoms with Crippen LogP contribution in [0.1, 0.15) is 25.0 Å². The highest BCUT2D eigenvalue weighted by molar-refractivity contribution is 6.37. The molecule has 0 bridgehead atoms. The van der Waals surface area contributed by atoms with Crippen LogP contribution in [0.5, 0.6) is 11.5 Å². The van der Waals surface area contributed by atoms with Crippen molar-refractivity contribution in [2.24, 2.45) is 5.11 Å². The smallest absolute Gasteiger partial charge is 0.156 e. The molecule has 0 aromatic heterocycles. The molecule has 0 heterocycles. The summed E-state index contributed by atoms with van der Waals surface area (Å²) in [5, 5.41) is 23.3. The Morgan fingerprint density at radius 3 is 2.13 bits per heavy atom. The third-order valence-electron chi connectivity index (χ3n) is 4.69. The SMILES string of the molecule is CC(C)(c1ccc(OC[C@H](O)CN=[N+]=[N-])cc1)c1cc(Cl)c(OC[C@H](O)CCl)c(Cl)c1. The normalized spacial score (nSPS) is 13.3. The molecule has 0 spiro atoms. The fraction of sp³-hybridized carbons (Fsp3) is 0.429. The van der Waals surface area contributed by atoms with Gasteiger partial charge in [0.15, 0.2) is 5.75 Å². The van der Waals surface area contributed by atoms with Gasteiger partial charge in [0.2, 0.25) is 0 Å². The van der Waals surface area contributed by atoms with Gasteiger partial charge in [0.05, 0.1) is 28.6 Å². The Morgan fingerprint density at radius 1 is 1.00 bits per heavy atom. The first-order valence-corrected chi connectivity index (χ1v) is 10.8. The van der Waals surface area contributed by atoms with Gasteiger partial charge in [-0.25, -0.2) is 0 Å². The lowest BCUT2D eigenvalue weighted by molar-refractivity contribution is 0.114. The maximum absolute atomic E-state index is 9.69. The van der Waals surface area contributed by atoms with Crippen molar-refractivity contribution in [1.29, 1.82) is 0 Å². The van der Waals surface area contributed by atoms with Crippen LogP contribution < -0.4 is 9.47 Å². The molecule has 2 aromatic carbocycles. The molecule has 10 heteroatoms. The Labute approximate surface area is 196 Å². The average Bonchev–Trinajstić information content (AvgIpc) is 2.75. The summed E-state index contributed by atoms with van der Waals surface area (Å²) in [7, 11) is 0. The van der Waals surface area contributed by atoms with Gasteiger partial charge in [-0.1, -0.05) is 54.3 Å². The summed E-state index contributed by atoms with van der Waals surface area (Å²) in [5.41, 5.74) is 9.72. The van der Waals surface area contributed by atoms with E-state index in [0.717, 1.165) is 11.1 Å². The Kier molecular flexibility index (Phi) is 9.56. The lowest BCUT2D eigenvalue weighted by Gasteiger charge is -2.27. The van der Waals surface area contributed by atoms with E-state index in [4.69, 9.17) is 49.8 Å². The number of rotatable bonds is 11. The standard InChI is InChI=1S/C21H24Cl3N3O4/c1-21(2,13-3-5-17(6-4-13)30-12-16(29)10-26-27-25)14-7-18(23)20(19(24)8-14)31-11-15(28)9-22/h3-8,15-16,28-29H,9-12H2,1-2H3/t15-,16-/m1/s1. The topological polar surface area (TPSA) is 108 Å². The third-order valence-corrected chi connectivity index (χ3v) is 5.61. The van der Waals surface area contributed by atoms with Gasteiger partial charge < -0.3 is 19.7 Å². The maximum Gasteiger partial charge on any atom is 0.156 e. The van der Waals surface area contributed by atoms with Gasteiger partial charge in [0, 0.05) is 10.3 Å². The van der Waals surface area contributed by atoms with E-state index in [1.807, 2.05) is 26.0 Å². The van der Waals surface area contributed by atoms with Crippen molar-refractivity contribution in [3.05, 3.63) is 68.0 Å². The summed E-state index contributed by atoms with van der Waals surface area (Å²) in [5.74, 6) is 0.930. The minimum atomic E-state index is -0.873. The Hall–Kier alpha value is -1.86. The molecule has 0 fully saturated rings. The lowest BCUT2D eigenvalue weighted by Crippen LogP contribution is -2.21. The van der Waals surface area contributed by atoms with Crippen LogP contribution in [0.15, 0.2) is 41.5 Å². The number of aliphatic hydroxyl groups is 2. The van der Waals surface area contributed by atoms with E-state index in [2.05, 4.69) is 10.0 Å². The highest BCUT2D eigenvalue weighted by Crippen LogP contribution is 2.40. The zero-order valence-electron chi connectivity index (χ0n) is 17.1. The molecular weight excluding hydrogens is 465 g/mol. The molecular formula is C21H24Cl3N3O4. The number of hydrogen-bond donors (Lipinski definition) is 2. The van der Waals surface area contributed by atoms with Gasteiger partial charge in [-0.2, -0.15) is 0 Å². The second-order valence-corrected chi connectivity index (χ2v) is 8.54. The van der Waals surface area contributed by atoms with E-state index in [1.165, 1.54) is 0 Å². The molecule has 2 rings (SSSR count). The Bertz CT molecular complexity index is 896. The zero-order valence-corrected chi connectivity index (χ0v) is 19.4. The van der Waals surface area contributed by atoms with Gasteiger partial charge in [-0.05, 0) is 40.9 Å². The van der Waals surface area contributed by atoms with Gasteiger partial charge in [-0.15, -0.1) is 11.6 Å². The first-order valence-electron chi connectivity index (χ1n) is 9.47. The molecule has 0 saturated heterocycles. The fourth-order valence-electron chi connectivity index (χ4n) is 2.79. The largest absolute Gasteiger partial charge is 0.491 e. The summed E-state index contributed by atoms with van der Waals surface area (Å²) >= 11 is 18.4. The van der Waals surface area contributed by atoms with Gasteiger partial charge >= 0.3 is 0 Å². The van der Waals surface area contributed by atoms with Crippen molar-refractivity contribution in [3.8, 4) is 11.5 Å². The summed E-state index contributed by atoms with van der Waals surface area (Å²) < 4.78 is 11.0. The predicted octanol–water partition coefficient (Wildman–Crippen LogP) is 5.35.